The molecule has 6 nitrogen and oxygen atoms in total. The second kappa shape index (κ2) is 6.94. The van der Waals surface area contributed by atoms with Crippen LogP contribution in [0.1, 0.15) is 34.5 Å². The number of carbonyl (C=O) groups is 1. The Morgan fingerprint density at radius 3 is 2.96 bits per heavy atom. The van der Waals surface area contributed by atoms with Gasteiger partial charge in [-0.3, -0.25) is 14.7 Å². The third kappa shape index (κ3) is 3.10. The van der Waals surface area contributed by atoms with E-state index >= 15 is 0 Å². The quantitative estimate of drug-likeness (QED) is 0.864. The molecule has 5 rings (SSSR count). The number of ether oxygens (including phenoxy) is 1. The molecule has 4 heterocycles. The Morgan fingerprint density at radius 1 is 1.32 bits per heavy atom. The molecule has 1 N–H and O–H groups in total. The second-order valence-corrected chi connectivity index (χ2v) is 8.49. The number of likely N-dealkylation sites (tertiary alicyclic amines) is 1. The normalized spacial score (nSPS) is 31.1. The lowest BCUT2D eigenvalue weighted by Gasteiger charge is -2.29. The molecule has 28 heavy (non-hydrogen) atoms. The van der Waals surface area contributed by atoms with Gasteiger partial charge in [-0.2, -0.15) is 0 Å². The first-order valence-corrected chi connectivity index (χ1v) is 10.1. The summed E-state index contributed by atoms with van der Waals surface area (Å²) in [6.07, 6.45) is 7.14. The number of aryl methyl sites for hydroxylation is 1. The van der Waals surface area contributed by atoms with Crippen LogP contribution in [0.15, 0.2) is 42.9 Å². The van der Waals surface area contributed by atoms with Gasteiger partial charge >= 0.3 is 0 Å². The number of nitrogens with zero attached hydrogens (tertiary/aromatic N) is 3. The van der Waals surface area contributed by atoms with Crippen molar-refractivity contribution < 1.29 is 9.53 Å². The largest absolute Gasteiger partial charge is 0.370 e. The summed E-state index contributed by atoms with van der Waals surface area (Å²) in [5, 5.41) is 3.07. The maximum Gasteiger partial charge on any atom is 0.271 e. The number of rotatable bonds is 5. The molecule has 146 valence electrons. The number of aromatic nitrogens is 2. The standard InChI is InChI=1S/C22H26N4O2/c1-15-2-4-16(5-3-15)12-26-13-18-17(20-6-7-22(18,14-26)28-20)10-25-21(27)19-11-23-8-9-24-19/h2-5,8-9,11,17-18,20H,6-7,10,12-14H2,1H3,(H,25,27)/t17-,18+,20+,22+/m0/s1. The van der Waals surface area contributed by atoms with Gasteiger partial charge in [-0.25, -0.2) is 4.98 Å². The van der Waals surface area contributed by atoms with Gasteiger partial charge in [-0.15, -0.1) is 0 Å². The first-order valence-electron chi connectivity index (χ1n) is 10.1. The van der Waals surface area contributed by atoms with Crippen molar-refractivity contribution in [3.63, 3.8) is 0 Å². The van der Waals surface area contributed by atoms with Crippen molar-refractivity contribution in [1.29, 1.82) is 0 Å². The van der Waals surface area contributed by atoms with E-state index in [0.717, 1.165) is 32.5 Å². The van der Waals surface area contributed by atoms with Gasteiger partial charge in [-0.1, -0.05) is 29.8 Å². The van der Waals surface area contributed by atoms with E-state index in [4.69, 9.17) is 4.74 Å². The molecule has 1 spiro atoms. The van der Waals surface area contributed by atoms with Crippen LogP contribution < -0.4 is 5.32 Å². The van der Waals surface area contributed by atoms with Crippen LogP contribution in [0.5, 0.6) is 0 Å². The fraction of sp³-hybridized carbons (Fsp3) is 0.500. The maximum atomic E-state index is 12.4. The fourth-order valence-corrected chi connectivity index (χ4v) is 5.35. The minimum Gasteiger partial charge on any atom is -0.370 e. The fourth-order valence-electron chi connectivity index (χ4n) is 5.35. The van der Waals surface area contributed by atoms with Gasteiger partial charge < -0.3 is 10.1 Å². The van der Waals surface area contributed by atoms with Crippen LogP contribution in [0.4, 0.5) is 0 Å². The number of hydrogen-bond donors (Lipinski definition) is 1. The Labute approximate surface area is 165 Å². The SMILES string of the molecule is Cc1ccc(CN2C[C@@H]3[C@H](CNC(=O)c4cnccn4)[C@H]4CC[C@]3(C2)O4)cc1. The lowest BCUT2D eigenvalue weighted by Crippen LogP contribution is -2.42. The van der Waals surface area contributed by atoms with Crippen LogP contribution in [0.2, 0.25) is 0 Å². The topological polar surface area (TPSA) is 67.4 Å². The van der Waals surface area contributed by atoms with E-state index in [1.807, 2.05) is 0 Å². The Kier molecular flexibility index (Phi) is 4.40. The van der Waals surface area contributed by atoms with Gasteiger partial charge in [0.2, 0.25) is 0 Å². The predicted octanol–water partition coefficient (Wildman–Crippen LogP) is 2.19. The highest BCUT2D eigenvalue weighted by Gasteiger charge is 2.62. The van der Waals surface area contributed by atoms with Gasteiger partial charge in [0.1, 0.15) is 5.69 Å². The zero-order valence-corrected chi connectivity index (χ0v) is 16.2. The molecule has 0 saturated carbocycles. The maximum absolute atomic E-state index is 12.4. The molecular weight excluding hydrogens is 352 g/mol. The summed E-state index contributed by atoms with van der Waals surface area (Å²) in [6.45, 7) is 5.76. The van der Waals surface area contributed by atoms with Crippen molar-refractivity contribution in [2.45, 2.75) is 38.0 Å². The average molecular weight is 378 g/mol. The predicted molar refractivity (Wildman–Crippen MR) is 105 cm³/mol. The summed E-state index contributed by atoms with van der Waals surface area (Å²) < 4.78 is 6.50. The monoisotopic (exact) mass is 378 g/mol. The van der Waals surface area contributed by atoms with E-state index in [9.17, 15) is 4.79 Å². The Hall–Kier alpha value is -2.31. The van der Waals surface area contributed by atoms with Gasteiger partial charge in [-0.05, 0) is 25.3 Å². The van der Waals surface area contributed by atoms with Crippen LogP contribution in [0.3, 0.4) is 0 Å². The molecule has 0 aliphatic carbocycles. The highest BCUT2D eigenvalue weighted by atomic mass is 16.5. The first-order chi connectivity index (χ1) is 13.6. The van der Waals surface area contributed by atoms with Crippen LogP contribution in [-0.4, -0.2) is 52.1 Å². The van der Waals surface area contributed by atoms with Crippen LogP contribution in [-0.2, 0) is 11.3 Å². The number of fused-ring (bicyclic) bond motifs is 1. The molecule has 2 aromatic rings. The molecule has 3 saturated heterocycles. The number of nitrogens with one attached hydrogen (secondary N) is 1. The zero-order chi connectivity index (χ0) is 19.1. The third-order valence-corrected chi connectivity index (χ3v) is 6.68. The first kappa shape index (κ1) is 17.8. The summed E-state index contributed by atoms with van der Waals surface area (Å²) in [7, 11) is 0. The van der Waals surface area contributed by atoms with Gasteiger partial charge in [0.25, 0.3) is 5.91 Å². The van der Waals surface area contributed by atoms with Crippen molar-refractivity contribution in [2.24, 2.45) is 11.8 Å². The highest BCUT2D eigenvalue weighted by molar-refractivity contribution is 5.91. The lowest BCUT2D eigenvalue weighted by atomic mass is 9.73. The molecule has 3 fully saturated rings. The van der Waals surface area contributed by atoms with E-state index < -0.39 is 0 Å². The Bertz CT molecular complexity index is 857. The van der Waals surface area contributed by atoms with E-state index in [1.165, 1.54) is 17.3 Å². The van der Waals surface area contributed by atoms with E-state index in [2.05, 4.69) is 51.4 Å². The number of benzene rings is 1. The number of amides is 1. The summed E-state index contributed by atoms with van der Waals surface area (Å²) in [5.74, 6) is 0.704. The number of carbonyl (C=O) groups excluding carboxylic acids is 1. The van der Waals surface area contributed by atoms with E-state index in [-0.39, 0.29) is 17.6 Å². The smallest absolute Gasteiger partial charge is 0.271 e. The van der Waals surface area contributed by atoms with Crippen LogP contribution in [0, 0.1) is 18.8 Å². The van der Waals surface area contributed by atoms with Crippen molar-refractivity contribution in [1.82, 2.24) is 20.2 Å². The third-order valence-electron chi connectivity index (χ3n) is 6.68. The van der Waals surface area contributed by atoms with Gasteiger partial charge in [0.05, 0.1) is 17.9 Å². The van der Waals surface area contributed by atoms with Crippen LogP contribution >= 0.6 is 0 Å². The summed E-state index contributed by atoms with van der Waals surface area (Å²) >= 11 is 0. The molecule has 6 heteroatoms. The van der Waals surface area contributed by atoms with E-state index in [0.29, 0.717) is 24.1 Å². The van der Waals surface area contributed by atoms with Crippen LogP contribution in [0.25, 0.3) is 0 Å². The van der Waals surface area contributed by atoms with Gasteiger partial charge in [0.15, 0.2) is 0 Å². The number of hydrogen-bond acceptors (Lipinski definition) is 5. The Balaban J connectivity index is 1.24. The highest BCUT2D eigenvalue weighted by Crippen LogP contribution is 2.54. The van der Waals surface area contributed by atoms with E-state index in [1.54, 1.807) is 12.4 Å². The summed E-state index contributed by atoms with van der Waals surface area (Å²) in [4.78, 5) is 23.0. The van der Waals surface area contributed by atoms with Crippen molar-refractivity contribution in [2.75, 3.05) is 19.6 Å². The minimum absolute atomic E-state index is 0.0166. The summed E-state index contributed by atoms with van der Waals surface area (Å²) in [5.41, 5.74) is 3.00. The lowest BCUT2D eigenvalue weighted by molar-refractivity contribution is 0.00212. The molecule has 1 amide bonds. The van der Waals surface area contributed by atoms with Crippen molar-refractivity contribution in [3.05, 3.63) is 59.7 Å². The minimum atomic E-state index is -0.153. The molecule has 3 aliphatic rings. The average Bonchev–Trinajstić information content (AvgIpc) is 3.36. The molecule has 1 aromatic heterocycles. The summed E-state index contributed by atoms with van der Waals surface area (Å²) in [6, 6.07) is 8.80. The molecule has 4 atom stereocenters. The Morgan fingerprint density at radius 2 is 2.18 bits per heavy atom. The van der Waals surface area contributed by atoms with Crippen molar-refractivity contribution >= 4 is 5.91 Å². The second-order valence-electron chi connectivity index (χ2n) is 8.49. The molecular formula is C22H26N4O2. The molecule has 0 radical (unpaired) electrons. The molecule has 1 aromatic carbocycles. The zero-order valence-electron chi connectivity index (χ0n) is 16.2. The van der Waals surface area contributed by atoms with Gasteiger partial charge in [0, 0.05) is 50.4 Å². The van der Waals surface area contributed by atoms with Crippen molar-refractivity contribution in [3.8, 4) is 0 Å². The molecule has 2 bridgehead atoms. The molecule has 3 aliphatic heterocycles. The molecule has 0 unspecified atom stereocenters.